The maximum absolute atomic E-state index is 6.47. The third kappa shape index (κ3) is 5.63. The number of aryl methyl sites for hydroxylation is 4. The molecule has 0 saturated heterocycles. The number of rotatable bonds is 11. The van der Waals surface area contributed by atoms with Crippen LogP contribution in [0.5, 0.6) is 46.0 Å². The second-order valence-electron chi connectivity index (χ2n) is 14.2. The lowest BCUT2D eigenvalue weighted by molar-refractivity contribution is -0.686. The molecule has 0 atom stereocenters. The van der Waals surface area contributed by atoms with Gasteiger partial charge in [0, 0.05) is 25.0 Å². The Labute approximate surface area is 313 Å². The van der Waals surface area contributed by atoms with Gasteiger partial charge in [0.15, 0.2) is 71.5 Å². The van der Waals surface area contributed by atoms with Gasteiger partial charge >= 0.3 is 0 Å². The predicted molar refractivity (Wildman–Crippen MR) is 201 cm³/mol. The Bertz CT molecular complexity index is 2290. The van der Waals surface area contributed by atoms with E-state index in [-0.39, 0.29) is 13.6 Å². The van der Waals surface area contributed by atoms with Crippen LogP contribution in [-0.2, 0) is 25.9 Å². The summed E-state index contributed by atoms with van der Waals surface area (Å²) < 4.78 is 51.8. The molecule has 4 aromatic carbocycles. The summed E-state index contributed by atoms with van der Waals surface area (Å²) in [7, 11) is 3.40. The zero-order chi connectivity index (χ0) is 36.2. The molecule has 6 aromatic rings. The zero-order valence-corrected chi connectivity index (χ0v) is 30.6. The average molecular weight is 727 g/mol. The summed E-state index contributed by atoms with van der Waals surface area (Å²) >= 11 is 0. The van der Waals surface area contributed by atoms with E-state index >= 15 is 0 Å². The van der Waals surface area contributed by atoms with Crippen molar-refractivity contribution in [3.05, 3.63) is 84.2 Å². The molecule has 6 heterocycles. The van der Waals surface area contributed by atoms with Crippen LogP contribution in [0.2, 0.25) is 0 Å². The molecule has 0 fully saturated rings. The van der Waals surface area contributed by atoms with Gasteiger partial charge < -0.3 is 37.9 Å². The number of ether oxygens (including phenoxy) is 8. The topological polar surface area (TPSA) is 81.6 Å². The van der Waals surface area contributed by atoms with Gasteiger partial charge in [-0.05, 0) is 96.1 Å². The van der Waals surface area contributed by atoms with Crippen molar-refractivity contribution < 1.29 is 47.0 Å². The van der Waals surface area contributed by atoms with Gasteiger partial charge in [-0.2, -0.15) is 9.13 Å². The third-order valence-corrected chi connectivity index (χ3v) is 11.1. The Hall–Kier alpha value is -5.90. The molecule has 0 bridgehead atoms. The highest BCUT2D eigenvalue weighted by molar-refractivity contribution is 5.93. The highest BCUT2D eigenvalue weighted by Gasteiger charge is 2.30. The van der Waals surface area contributed by atoms with Crippen molar-refractivity contribution in [2.24, 2.45) is 0 Å². The van der Waals surface area contributed by atoms with E-state index in [0.717, 1.165) is 119 Å². The predicted octanol–water partition coefficient (Wildman–Crippen LogP) is 7.51. The fourth-order valence-corrected chi connectivity index (χ4v) is 8.32. The van der Waals surface area contributed by atoms with Gasteiger partial charge in [0.05, 0.1) is 49.3 Å². The minimum absolute atomic E-state index is 0.275. The van der Waals surface area contributed by atoms with Gasteiger partial charge in [0.25, 0.3) is 0 Å². The molecule has 274 valence electrons. The van der Waals surface area contributed by atoms with E-state index < -0.39 is 0 Å². The van der Waals surface area contributed by atoms with Crippen molar-refractivity contribution in [3.63, 3.8) is 0 Å². The largest absolute Gasteiger partial charge is 0.493 e. The van der Waals surface area contributed by atoms with Crippen LogP contribution < -0.4 is 47.0 Å². The van der Waals surface area contributed by atoms with Gasteiger partial charge in [0.1, 0.15) is 0 Å². The minimum Gasteiger partial charge on any atom is -0.493 e. The maximum atomic E-state index is 6.47. The lowest BCUT2D eigenvalue weighted by Crippen LogP contribution is -2.40. The first-order valence-corrected chi connectivity index (χ1v) is 18.8. The number of hydrogen-bond acceptors (Lipinski definition) is 8. The summed E-state index contributed by atoms with van der Waals surface area (Å²) in [6, 6.07) is 21.2. The van der Waals surface area contributed by atoms with Crippen LogP contribution in [-0.4, -0.2) is 41.0 Å². The molecule has 10 nitrogen and oxygen atoms in total. The van der Waals surface area contributed by atoms with E-state index in [1.54, 1.807) is 14.2 Å². The number of methoxy groups -OCH3 is 2. The quantitative estimate of drug-likeness (QED) is 0.100. The number of benzene rings is 4. The van der Waals surface area contributed by atoms with Gasteiger partial charge in [-0.15, -0.1) is 0 Å². The summed E-state index contributed by atoms with van der Waals surface area (Å²) in [6.45, 7) is 3.52. The normalized spacial score (nSPS) is 14.3. The van der Waals surface area contributed by atoms with Gasteiger partial charge in [-0.25, -0.2) is 0 Å². The van der Waals surface area contributed by atoms with Crippen molar-refractivity contribution in [1.29, 1.82) is 0 Å². The van der Waals surface area contributed by atoms with Crippen molar-refractivity contribution in [2.75, 3.05) is 41.0 Å². The SMILES string of the molecule is COc1ccc2cc3[n+](cc2c1OCCCCCCOc1c(OC)ccc2cc4[n+](cc12)CCc1cc2c(cc1-4)OCO2)CCc1cc2c(cc1-3)OCO2. The van der Waals surface area contributed by atoms with E-state index in [4.69, 9.17) is 37.9 Å². The molecule has 0 spiro atoms. The zero-order valence-electron chi connectivity index (χ0n) is 30.6. The molecular formula is C44H42N2O8+2. The Morgan fingerprint density at radius 2 is 0.981 bits per heavy atom. The van der Waals surface area contributed by atoms with Gasteiger partial charge in [-0.3, -0.25) is 0 Å². The van der Waals surface area contributed by atoms with Crippen molar-refractivity contribution in [2.45, 2.75) is 51.6 Å². The average Bonchev–Trinajstić information content (AvgIpc) is 3.87. The first-order valence-electron chi connectivity index (χ1n) is 18.8. The molecule has 10 heteroatoms. The molecule has 0 radical (unpaired) electrons. The van der Waals surface area contributed by atoms with Crippen LogP contribution >= 0.6 is 0 Å². The van der Waals surface area contributed by atoms with Crippen LogP contribution in [0.25, 0.3) is 44.1 Å². The molecule has 10 rings (SSSR count). The van der Waals surface area contributed by atoms with Crippen molar-refractivity contribution in [3.8, 4) is 68.5 Å². The lowest BCUT2D eigenvalue weighted by Gasteiger charge is -2.18. The number of unbranched alkanes of at least 4 members (excludes halogenated alkanes) is 3. The summed E-state index contributed by atoms with van der Waals surface area (Å²) in [5.74, 6) is 6.36. The van der Waals surface area contributed by atoms with E-state index in [1.807, 2.05) is 12.1 Å². The van der Waals surface area contributed by atoms with E-state index in [9.17, 15) is 0 Å². The second kappa shape index (κ2) is 13.5. The first kappa shape index (κ1) is 32.7. The van der Waals surface area contributed by atoms with Crippen LogP contribution in [0.15, 0.2) is 73.1 Å². The van der Waals surface area contributed by atoms with Crippen LogP contribution in [0.3, 0.4) is 0 Å². The molecule has 0 saturated carbocycles. The number of aromatic nitrogens is 2. The summed E-state index contributed by atoms with van der Waals surface area (Å²) in [6.07, 6.45) is 10.2. The van der Waals surface area contributed by atoms with E-state index in [1.165, 1.54) is 33.6 Å². The van der Waals surface area contributed by atoms with Crippen LogP contribution in [0, 0.1) is 0 Å². The Kier molecular flexibility index (Phi) is 8.18. The summed E-state index contributed by atoms with van der Waals surface area (Å²) in [5, 5.41) is 4.33. The third-order valence-electron chi connectivity index (χ3n) is 11.1. The van der Waals surface area contributed by atoms with Crippen molar-refractivity contribution >= 4 is 21.5 Å². The smallest absolute Gasteiger partial charge is 0.231 e. The van der Waals surface area contributed by atoms with E-state index in [0.29, 0.717) is 13.2 Å². The fraction of sp³-hybridized carbons (Fsp3) is 0.318. The standard InChI is InChI=1S/C44H42N2O8/c1-47-37-9-7-27-17-35-31-21-41-39(51-25-53-41)19-29(31)11-13-45(35)23-33(27)43(37)49-15-5-3-4-6-16-50-44-34-24-46-14-12-30-20-40-42(54-26-52-40)22-32(30)36(46)18-28(34)8-10-38(44)48-2/h7-10,17-24H,3-6,11-16,25-26H2,1-2H3/q+2. The first-order chi connectivity index (χ1) is 26.6. The molecule has 4 aliphatic rings. The number of fused-ring (bicyclic) bond motifs is 10. The molecule has 54 heavy (non-hydrogen) atoms. The minimum atomic E-state index is 0.275. The Morgan fingerprint density at radius 3 is 1.43 bits per heavy atom. The second-order valence-corrected chi connectivity index (χ2v) is 14.2. The number of pyridine rings is 2. The lowest BCUT2D eigenvalue weighted by atomic mass is 9.95. The summed E-state index contributed by atoms with van der Waals surface area (Å²) in [5.41, 5.74) is 7.27. The monoisotopic (exact) mass is 726 g/mol. The molecule has 4 aliphatic heterocycles. The van der Waals surface area contributed by atoms with Gasteiger partial charge in [-0.1, -0.05) is 0 Å². The molecule has 0 N–H and O–H groups in total. The fourth-order valence-electron chi connectivity index (χ4n) is 8.32. The Morgan fingerprint density at radius 1 is 0.537 bits per heavy atom. The van der Waals surface area contributed by atoms with Crippen LogP contribution in [0.1, 0.15) is 36.8 Å². The van der Waals surface area contributed by atoms with Crippen LogP contribution in [0.4, 0.5) is 0 Å². The molecule has 0 unspecified atom stereocenters. The molecule has 0 amide bonds. The molecular weight excluding hydrogens is 684 g/mol. The molecule has 0 aliphatic carbocycles. The Balaban J connectivity index is 0.786. The van der Waals surface area contributed by atoms with Gasteiger partial charge in [0.2, 0.25) is 25.0 Å². The summed E-state index contributed by atoms with van der Waals surface area (Å²) in [4.78, 5) is 0. The van der Waals surface area contributed by atoms with E-state index in [2.05, 4.69) is 70.1 Å². The number of nitrogens with zero attached hydrogens (tertiary/aromatic N) is 2. The van der Waals surface area contributed by atoms with Crippen molar-refractivity contribution in [1.82, 2.24) is 0 Å². The molecule has 2 aromatic heterocycles. The highest BCUT2D eigenvalue weighted by atomic mass is 16.7. The highest BCUT2D eigenvalue weighted by Crippen LogP contribution is 2.43. The number of hydrogen-bond donors (Lipinski definition) is 0. The maximum Gasteiger partial charge on any atom is 0.231 e.